The summed E-state index contributed by atoms with van der Waals surface area (Å²) in [7, 11) is 0. The first-order chi connectivity index (χ1) is 8.49. The molecule has 1 aliphatic rings. The van der Waals surface area contributed by atoms with Gasteiger partial charge in [0.2, 0.25) is 5.91 Å². The summed E-state index contributed by atoms with van der Waals surface area (Å²) >= 11 is 3.46. The van der Waals surface area contributed by atoms with Crippen LogP contribution in [0.2, 0.25) is 0 Å². The van der Waals surface area contributed by atoms with Crippen molar-refractivity contribution >= 4 is 33.2 Å². The van der Waals surface area contributed by atoms with Gasteiger partial charge in [-0.2, -0.15) is 0 Å². The van der Waals surface area contributed by atoms with Gasteiger partial charge in [-0.3, -0.25) is 4.79 Å². The number of carbonyl (C=O) groups is 1. The second kappa shape index (κ2) is 5.31. The summed E-state index contributed by atoms with van der Waals surface area (Å²) < 4.78 is 0.846. The van der Waals surface area contributed by atoms with E-state index in [0.717, 1.165) is 29.3 Å². The molecular formula is C14H19BrN2O. The molecule has 1 saturated carbocycles. The van der Waals surface area contributed by atoms with E-state index < -0.39 is 0 Å². The zero-order valence-electron chi connectivity index (χ0n) is 10.8. The Labute approximate surface area is 116 Å². The monoisotopic (exact) mass is 310 g/mol. The Kier molecular flexibility index (Phi) is 3.95. The van der Waals surface area contributed by atoms with Gasteiger partial charge in [0.05, 0.1) is 11.4 Å². The molecule has 1 fully saturated rings. The predicted molar refractivity (Wildman–Crippen MR) is 78.4 cm³/mol. The van der Waals surface area contributed by atoms with Crippen LogP contribution in [0.5, 0.6) is 0 Å². The molecule has 1 aromatic rings. The van der Waals surface area contributed by atoms with E-state index in [4.69, 9.17) is 5.73 Å². The maximum absolute atomic E-state index is 12.2. The maximum Gasteiger partial charge on any atom is 0.227 e. The molecular weight excluding hydrogens is 292 g/mol. The second-order valence-corrected chi connectivity index (χ2v) is 6.07. The Morgan fingerprint density at radius 2 is 2.17 bits per heavy atom. The predicted octanol–water partition coefficient (Wildman–Crippen LogP) is 3.71. The minimum atomic E-state index is 0.0938. The van der Waals surface area contributed by atoms with Gasteiger partial charge in [-0.05, 0) is 59.3 Å². The first kappa shape index (κ1) is 13.4. The highest BCUT2D eigenvalue weighted by Crippen LogP contribution is 2.35. The normalized spacial score (nSPS) is 23.1. The Morgan fingerprint density at radius 3 is 2.72 bits per heavy atom. The summed E-state index contributed by atoms with van der Waals surface area (Å²) in [6, 6.07) is 3.84. The van der Waals surface area contributed by atoms with Gasteiger partial charge >= 0.3 is 0 Å². The number of carbonyl (C=O) groups excluding carboxylic acids is 1. The lowest BCUT2D eigenvalue weighted by molar-refractivity contribution is -0.120. The lowest BCUT2D eigenvalue weighted by Gasteiger charge is -2.17. The molecule has 0 saturated heterocycles. The molecule has 0 aromatic heterocycles. The molecule has 0 heterocycles. The van der Waals surface area contributed by atoms with Crippen LogP contribution in [0.25, 0.3) is 0 Å². The molecule has 2 unspecified atom stereocenters. The fraction of sp³-hybridized carbons (Fsp3) is 0.500. The van der Waals surface area contributed by atoms with Crippen LogP contribution >= 0.6 is 15.9 Å². The van der Waals surface area contributed by atoms with Crippen molar-refractivity contribution in [3.63, 3.8) is 0 Å². The van der Waals surface area contributed by atoms with Gasteiger partial charge in [0.15, 0.2) is 0 Å². The van der Waals surface area contributed by atoms with E-state index in [1.165, 1.54) is 0 Å². The van der Waals surface area contributed by atoms with Gasteiger partial charge in [0, 0.05) is 10.4 Å². The van der Waals surface area contributed by atoms with Crippen LogP contribution in [0.15, 0.2) is 16.6 Å². The van der Waals surface area contributed by atoms with Crippen LogP contribution in [0.4, 0.5) is 11.4 Å². The molecule has 3 N–H and O–H groups in total. The van der Waals surface area contributed by atoms with Crippen molar-refractivity contribution in [1.82, 2.24) is 0 Å². The number of nitrogens with two attached hydrogens (primary N) is 1. The molecule has 0 aliphatic heterocycles. The molecule has 4 heteroatoms. The van der Waals surface area contributed by atoms with Crippen LogP contribution < -0.4 is 11.1 Å². The van der Waals surface area contributed by atoms with Crippen LogP contribution in [0.3, 0.4) is 0 Å². The standard InChI is InChI=1S/C14H19BrN2O/c1-8-6-11(15)13(12(16)7-8)17-14(18)10-5-3-4-9(10)2/h6-7,9-10H,3-5,16H2,1-2H3,(H,17,18). The second-order valence-electron chi connectivity index (χ2n) is 5.21. The molecule has 3 nitrogen and oxygen atoms in total. The SMILES string of the molecule is Cc1cc(N)c(NC(=O)C2CCCC2C)c(Br)c1. The molecule has 1 amide bonds. The smallest absolute Gasteiger partial charge is 0.227 e. The van der Waals surface area contributed by atoms with E-state index in [0.29, 0.717) is 17.3 Å². The van der Waals surface area contributed by atoms with Crippen LogP contribution in [-0.2, 0) is 4.79 Å². The minimum absolute atomic E-state index is 0.0938. The summed E-state index contributed by atoms with van der Waals surface area (Å²) in [4.78, 5) is 12.2. The van der Waals surface area contributed by atoms with E-state index >= 15 is 0 Å². The van der Waals surface area contributed by atoms with Crippen LogP contribution in [0, 0.1) is 18.8 Å². The van der Waals surface area contributed by atoms with Gasteiger partial charge < -0.3 is 11.1 Å². The number of anilines is 2. The third-order valence-electron chi connectivity index (χ3n) is 3.71. The molecule has 18 heavy (non-hydrogen) atoms. The molecule has 2 atom stereocenters. The first-order valence-corrected chi connectivity index (χ1v) is 7.15. The summed E-state index contributed by atoms with van der Waals surface area (Å²) in [5.74, 6) is 0.685. The van der Waals surface area contributed by atoms with Crippen molar-refractivity contribution in [3.8, 4) is 0 Å². The Hall–Kier alpha value is -1.03. The first-order valence-electron chi connectivity index (χ1n) is 6.35. The summed E-state index contributed by atoms with van der Waals surface area (Å²) in [6.07, 6.45) is 3.27. The van der Waals surface area contributed by atoms with E-state index in [1.54, 1.807) is 0 Å². The average molecular weight is 311 g/mol. The van der Waals surface area contributed by atoms with Crippen molar-refractivity contribution < 1.29 is 4.79 Å². The number of rotatable bonds is 2. The molecule has 2 rings (SSSR count). The van der Waals surface area contributed by atoms with Crippen LogP contribution in [-0.4, -0.2) is 5.91 Å². The van der Waals surface area contributed by atoms with Crippen molar-refractivity contribution in [2.75, 3.05) is 11.1 Å². The average Bonchev–Trinajstić information content (AvgIpc) is 2.69. The van der Waals surface area contributed by atoms with E-state index in [1.807, 2.05) is 19.1 Å². The Morgan fingerprint density at radius 1 is 1.44 bits per heavy atom. The van der Waals surface area contributed by atoms with Crippen molar-refractivity contribution in [1.29, 1.82) is 0 Å². The van der Waals surface area contributed by atoms with Crippen LogP contribution in [0.1, 0.15) is 31.7 Å². The Bertz CT molecular complexity index is 450. The van der Waals surface area contributed by atoms with E-state index in [-0.39, 0.29) is 11.8 Å². The molecule has 0 bridgehead atoms. The molecule has 1 aliphatic carbocycles. The highest BCUT2D eigenvalue weighted by molar-refractivity contribution is 9.10. The number of benzene rings is 1. The number of nitrogen functional groups attached to an aromatic ring is 1. The molecule has 0 radical (unpaired) electrons. The lowest BCUT2D eigenvalue weighted by Crippen LogP contribution is -2.25. The third-order valence-corrected chi connectivity index (χ3v) is 4.34. The van der Waals surface area contributed by atoms with E-state index in [2.05, 4.69) is 28.2 Å². The number of halogens is 1. The largest absolute Gasteiger partial charge is 0.397 e. The highest BCUT2D eigenvalue weighted by atomic mass is 79.9. The number of aryl methyl sites for hydroxylation is 1. The van der Waals surface area contributed by atoms with Crippen molar-refractivity contribution in [2.45, 2.75) is 33.1 Å². The Balaban J connectivity index is 2.17. The zero-order valence-corrected chi connectivity index (χ0v) is 12.4. The topological polar surface area (TPSA) is 55.1 Å². The summed E-state index contributed by atoms with van der Waals surface area (Å²) in [6.45, 7) is 4.12. The number of hydrogen-bond acceptors (Lipinski definition) is 2. The highest BCUT2D eigenvalue weighted by Gasteiger charge is 2.30. The lowest BCUT2D eigenvalue weighted by atomic mass is 9.97. The van der Waals surface area contributed by atoms with E-state index in [9.17, 15) is 4.79 Å². The number of hydrogen-bond donors (Lipinski definition) is 2. The van der Waals surface area contributed by atoms with Gasteiger partial charge in [-0.15, -0.1) is 0 Å². The van der Waals surface area contributed by atoms with Gasteiger partial charge in [0.1, 0.15) is 0 Å². The summed E-state index contributed by atoms with van der Waals surface area (Å²) in [5, 5.41) is 2.97. The van der Waals surface area contributed by atoms with Crippen molar-refractivity contribution in [3.05, 3.63) is 22.2 Å². The van der Waals surface area contributed by atoms with Gasteiger partial charge in [-0.25, -0.2) is 0 Å². The third kappa shape index (κ3) is 2.69. The van der Waals surface area contributed by atoms with Gasteiger partial charge in [0.25, 0.3) is 0 Å². The fourth-order valence-electron chi connectivity index (χ4n) is 2.65. The molecule has 0 spiro atoms. The summed E-state index contributed by atoms with van der Waals surface area (Å²) in [5.41, 5.74) is 8.35. The number of nitrogens with one attached hydrogen (secondary N) is 1. The molecule has 98 valence electrons. The minimum Gasteiger partial charge on any atom is -0.397 e. The quantitative estimate of drug-likeness (QED) is 0.818. The molecule has 1 aromatic carbocycles. The van der Waals surface area contributed by atoms with Crippen molar-refractivity contribution in [2.24, 2.45) is 11.8 Å². The number of amides is 1. The zero-order chi connectivity index (χ0) is 13.3. The van der Waals surface area contributed by atoms with Gasteiger partial charge in [-0.1, -0.05) is 13.3 Å². The fourth-order valence-corrected chi connectivity index (χ4v) is 3.34. The maximum atomic E-state index is 12.2.